The fourth-order valence-electron chi connectivity index (χ4n) is 1.31. The van der Waals surface area contributed by atoms with Gasteiger partial charge in [0.05, 0.1) is 9.92 Å². The summed E-state index contributed by atoms with van der Waals surface area (Å²) in [5.74, 6) is -0.628. The Morgan fingerprint density at radius 2 is 2.06 bits per heavy atom. The molecule has 0 saturated heterocycles. The van der Waals surface area contributed by atoms with Crippen LogP contribution >= 0.6 is 11.6 Å². The average Bonchev–Trinajstić information content (AvgIpc) is 2.28. The fraction of sp³-hybridized carbons (Fsp3) is 0.455. The number of halogens is 2. The Labute approximate surface area is 106 Å². The molecule has 0 radical (unpaired) electrons. The van der Waals surface area contributed by atoms with E-state index in [1.165, 1.54) is 6.07 Å². The van der Waals surface area contributed by atoms with Crippen LogP contribution in [0.15, 0.2) is 23.1 Å². The number of hydrogen-bond acceptors (Lipinski definition) is 2. The van der Waals surface area contributed by atoms with E-state index in [1.807, 2.05) is 6.92 Å². The van der Waals surface area contributed by atoms with Crippen LogP contribution < -0.4 is 4.72 Å². The van der Waals surface area contributed by atoms with E-state index in [4.69, 9.17) is 11.6 Å². The summed E-state index contributed by atoms with van der Waals surface area (Å²) in [6.07, 6.45) is 2.77. The van der Waals surface area contributed by atoms with Gasteiger partial charge in [-0.25, -0.2) is 17.5 Å². The van der Waals surface area contributed by atoms with E-state index in [9.17, 15) is 12.8 Å². The highest BCUT2D eigenvalue weighted by Crippen LogP contribution is 2.19. The molecule has 0 atom stereocenters. The van der Waals surface area contributed by atoms with E-state index in [0.29, 0.717) is 6.54 Å². The monoisotopic (exact) mass is 279 g/mol. The van der Waals surface area contributed by atoms with Crippen LogP contribution in [-0.2, 0) is 10.0 Å². The predicted molar refractivity (Wildman–Crippen MR) is 66.1 cm³/mol. The molecule has 0 aliphatic heterocycles. The predicted octanol–water partition coefficient (Wildman–Crippen LogP) is 2.95. The molecule has 0 saturated carbocycles. The van der Waals surface area contributed by atoms with Crippen LogP contribution in [-0.4, -0.2) is 15.0 Å². The molecule has 0 unspecified atom stereocenters. The molecule has 1 rings (SSSR count). The second-order valence-corrected chi connectivity index (χ2v) is 5.85. The van der Waals surface area contributed by atoms with Crippen molar-refractivity contribution in [3.8, 4) is 0 Å². The third-order valence-corrected chi connectivity index (χ3v) is 4.02. The van der Waals surface area contributed by atoms with Crippen LogP contribution in [0.5, 0.6) is 0 Å². The van der Waals surface area contributed by atoms with Crippen molar-refractivity contribution >= 4 is 21.6 Å². The molecule has 17 heavy (non-hydrogen) atoms. The zero-order chi connectivity index (χ0) is 12.9. The van der Waals surface area contributed by atoms with Crippen LogP contribution in [0.1, 0.15) is 26.2 Å². The molecule has 1 aromatic carbocycles. The molecule has 0 bridgehead atoms. The minimum atomic E-state index is -3.58. The molecular weight excluding hydrogens is 265 g/mol. The molecule has 0 amide bonds. The van der Waals surface area contributed by atoms with E-state index in [1.54, 1.807) is 0 Å². The van der Waals surface area contributed by atoms with E-state index >= 15 is 0 Å². The van der Waals surface area contributed by atoms with Gasteiger partial charge in [-0.15, -0.1) is 0 Å². The lowest BCUT2D eigenvalue weighted by molar-refractivity contribution is 0.575. The van der Waals surface area contributed by atoms with Crippen LogP contribution in [0, 0.1) is 5.82 Å². The second kappa shape index (κ2) is 6.33. The largest absolute Gasteiger partial charge is 0.240 e. The van der Waals surface area contributed by atoms with Gasteiger partial charge in [0.1, 0.15) is 5.82 Å². The summed E-state index contributed by atoms with van der Waals surface area (Å²) in [6, 6.07) is 3.35. The van der Waals surface area contributed by atoms with Gasteiger partial charge in [0.2, 0.25) is 10.0 Å². The van der Waals surface area contributed by atoms with E-state index in [-0.39, 0.29) is 9.92 Å². The molecule has 0 aliphatic carbocycles. The Kier molecular flexibility index (Phi) is 5.36. The minimum absolute atomic E-state index is 0.0135. The summed E-state index contributed by atoms with van der Waals surface area (Å²) in [5.41, 5.74) is 0. The molecule has 0 aromatic heterocycles. The van der Waals surface area contributed by atoms with Crippen LogP contribution in [0.2, 0.25) is 5.02 Å². The Morgan fingerprint density at radius 3 is 2.65 bits per heavy atom. The standard InChI is InChI=1S/C11H15ClFNO2S/c1-2-3-4-7-14-17(15,16)9-5-6-11(13)10(12)8-9/h5-6,8,14H,2-4,7H2,1H3. The maximum absolute atomic E-state index is 12.9. The zero-order valence-electron chi connectivity index (χ0n) is 9.54. The Bertz CT molecular complexity index is 476. The maximum Gasteiger partial charge on any atom is 0.240 e. The van der Waals surface area contributed by atoms with Gasteiger partial charge in [-0.05, 0) is 24.6 Å². The number of hydrogen-bond donors (Lipinski definition) is 1. The SMILES string of the molecule is CCCCCNS(=O)(=O)c1ccc(F)c(Cl)c1. The summed E-state index contributed by atoms with van der Waals surface area (Å²) in [4.78, 5) is -0.0135. The van der Waals surface area contributed by atoms with Crippen LogP contribution in [0.4, 0.5) is 4.39 Å². The van der Waals surface area contributed by atoms with Crippen molar-refractivity contribution in [2.75, 3.05) is 6.54 Å². The van der Waals surface area contributed by atoms with Gasteiger partial charge in [-0.2, -0.15) is 0 Å². The lowest BCUT2D eigenvalue weighted by Gasteiger charge is -2.06. The molecular formula is C11H15ClFNO2S. The molecule has 96 valence electrons. The summed E-state index contributed by atoms with van der Waals surface area (Å²) < 4.78 is 38.9. The van der Waals surface area contributed by atoms with Gasteiger partial charge >= 0.3 is 0 Å². The van der Waals surface area contributed by atoms with E-state index in [0.717, 1.165) is 31.4 Å². The average molecular weight is 280 g/mol. The van der Waals surface area contributed by atoms with Gasteiger partial charge < -0.3 is 0 Å². The minimum Gasteiger partial charge on any atom is -0.211 e. The topological polar surface area (TPSA) is 46.2 Å². The molecule has 1 N–H and O–H groups in total. The van der Waals surface area contributed by atoms with Crippen molar-refractivity contribution in [1.29, 1.82) is 0 Å². The lowest BCUT2D eigenvalue weighted by atomic mass is 10.3. The van der Waals surface area contributed by atoms with E-state index in [2.05, 4.69) is 4.72 Å². The first kappa shape index (κ1) is 14.4. The van der Waals surface area contributed by atoms with Gasteiger partial charge in [-0.3, -0.25) is 0 Å². The highest BCUT2D eigenvalue weighted by molar-refractivity contribution is 7.89. The highest BCUT2D eigenvalue weighted by atomic mass is 35.5. The quantitative estimate of drug-likeness (QED) is 0.814. The van der Waals surface area contributed by atoms with Crippen LogP contribution in [0.25, 0.3) is 0 Å². The molecule has 6 heteroatoms. The first-order valence-electron chi connectivity index (χ1n) is 5.42. The van der Waals surface area contributed by atoms with Gasteiger partial charge in [0.15, 0.2) is 0 Å². The van der Waals surface area contributed by atoms with Gasteiger partial charge in [0, 0.05) is 6.54 Å². The summed E-state index contributed by atoms with van der Waals surface area (Å²) in [7, 11) is -3.58. The Morgan fingerprint density at radius 1 is 1.35 bits per heavy atom. The number of sulfonamides is 1. The highest BCUT2D eigenvalue weighted by Gasteiger charge is 2.14. The zero-order valence-corrected chi connectivity index (χ0v) is 11.1. The summed E-state index contributed by atoms with van der Waals surface area (Å²) in [6.45, 7) is 2.42. The van der Waals surface area contributed by atoms with Crippen molar-refractivity contribution in [1.82, 2.24) is 4.72 Å². The van der Waals surface area contributed by atoms with Crippen molar-refractivity contribution in [3.63, 3.8) is 0 Å². The molecule has 0 heterocycles. The smallest absolute Gasteiger partial charge is 0.211 e. The Hall–Kier alpha value is -0.650. The number of benzene rings is 1. The fourth-order valence-corrected chi connectivity index (χ4v) is 2.65. The summed E-state index contributed by atoms with van der Waals surface area (Å²) >= 11 is 5.54. The van der Waals surface area contributed by atoms with Crippen LogP contribution in [0.3, 0.4) is 0 Å². The van der Waals surface area contributed by atoms with Gasteiger partial charge in [-0.1, -0.05) is 31.4 Å². The number of nitrogens with one attached hydrogen (secondary N) is 1. The molecule has 3 nitrogen and oxygen atoms in total. The van der Waals surface area contributed by atoms with Crippen molar-refractivity contribution in [2.45, 2.75) is 31.1 Å². The molecule has 0 aliphatic rings. The Balaban J connectivity index is 2.72. The first-order valence-corrected chi connectivity index (χ1v) is 7.28. The van der Waals surface area contributed by atoms with Crippen molar-refractivity contribution < 1.29 is 12.8 Å². The number of rotatable bonds is 6. The van der Waals surface area contributed by atoms with E-state index < -0.39 is 15.8 Å². The first-order chi connectivity index (χ1) is 7.97. The second-order valence-electron chi connectivity index (χ2n) is 3.68. The molecule has 1 aromatic rings. The molecule has 0 fully saturated rings. The van der Waals surface area contributed by atoms with Crippen molar-refractivity contribution in [2.24, 2.45) is 0 Å². The normalized spacial score (nSPS) is 11.7. The maximum atomic E-state index is 12.9. The van der Waals surface area contributed by atoms with Crippen molar-refractivity contribution in [3.05, 3.63) is 29.0 Å². The molecule has 0 spiro atoms. The third-order valence-electron chi connectivity index (χ3n) is 2.27. The summed E-state index contributed by atoms with van der Waals surface area (Å²) in [5, 5.41) is -0.193. The lowest BCUT2D eigenvalue weighted by Crippen LogP contribution is -2.24. The van der Waals surface area contributed by atoms with Gasteiger partial charge in [0.25, 0.3) is 0 Å². The number of unbranched alkanes of at least 4 members (excludes halogenated alkanes) is 2. The third kappa shape index (κ3) is 4.26.